The first-order valence-electron chi connectivity index (χ1n) is 6.29. The monoisotopic (exact) mass is 448 g/mol. The summed E-state index contributed by atoms with van der Waals surface area (Å²) in [6.07, 6.45) is 0. The molecule has 0 saturated heterocycles. The molecule has 140 valence electrons. The van der Waals surface area contributed by atoms with E-state index in [1.54, 1.807) is 19.2 Å². The lowest BCUT2D eigenvalue weighted by Crippen LogP contribution is -1.91. The van der Waals surface area contributed by atoms with Crippen LogP contribution in [0.3, 0.4) is 0 Å². The van der Waals surface area contributed by atoms with Gasteiger partial charge in [0.2, 0.25) is 0 Å². The highest BCUT2D eigenvalue weighted by molar-refractivity contribution is 8.31. The van der Waals surface area contributed by atoms with Crippen LogP contribution in [0.1, 0.15) is 0 Å². The number of halogens is 3. The Morgan fingerprint density at radius 2 is 1.16 bits per heavy atom. The number of methoxy groups -OCH3 is 2. The summed E-state index contributed by atoms with van der Waals surface area (Å²) >= 11 is 0. The van der Waals surface area contributed by atoms with E-state index in [0.717, 1.165) is 5.75 Å². The zero-order chi connectivity index (χ0) is 19.5. The van der Waals surface area contributed by atoms with Crippen LogP contribution in [0.2, 0.25) is 0 Å². The molecule has 6 nitrogen and oxygen atoms in total. The molecule has 0 heterocycles. The number of hydrogen-bond donors (Lipinski definition) is 0. The quantitative estimate of drug-likeness (QED) is 0.658. The number of ether oxygens (including phenoxy) is 2. The molecule has 2 rings (SSSR count). The van der Waals surface area contributed by atoms with Gasteiger partial charge in [0, 0.05) is 38.1 Å². The van der Waals surface area contributed by atoms with Crippen molar-refractivity contribution in [1.82, 2.24) is 0 Å². The topological polar surface area (TPSA) is 86.7 Å². The van der Waals surface area contributed by atoms with E-state index in [-0.39, 0.29) is 4.90 Å². The zero-order valence-electron chi connectivity index (χ0n) is 13.1. The molecule has 0 spiro atoms. The van der Waals surface area contributed by atoms with Crippen LogP contribution in [0.25, 0.3) is 0 Å². The van der Waals surface area contributed by atoms with E-state index < -0.39 is 17.3 Å². The third-order valence-corrected chi connectivity index (χ3v) is 3.65. The molecule has 0 amide bonds. The Bertz CT molecular complexity index is 832. The molecule has 0 fully saturated rings. The van der Waals surface area contributed by atoms with Gasteiger partial charge in [-0.25, -0.2) is 8.42 Å². The Kier molecular flexibility index (Phi) is 10.9. The normalized spacial score (nSPS) is 10.4. The van der Waals surface area contributed by atoms with Crippen LogP contribution in [0.15, 0.2) is 59.5 Å². The summed E-state index contributed by atoms with van der Waals surface area (Å²) in [7, 11) is 9.39. The Labute approximate surface area is 160 Å². The van der Waals surface area contributed by atoms with Crippen molar-refractivity contribution in [2.45, 2.75) is 4.90 Å². The highest BCUT2D eigenvalue weighted by Gasteiger charge is 2.09. The van der Waals surface area contributed by atoms with Gasteiger partial charge in [-0.2, -0.15) is 8.42 Å². The SMILES string of the molecule is COc1cccc(S(=O)(=O)Cl)c1.COc1ccccc1.O=S(=O)(Cl)Cl. The fraction of sp³-hybridized carbons (Fsp3) is 0.143. The van der Waals surface area contributed by atoms with Crippen LogP contribution in [0.4, 0.5) is 0 Å². The van der Waals surface area contributed by atoms with Gasteiger partial charge >= 0.3 is 8.26 Å². The summed E-state index contributed by atoms with van der Waals surface area (Å²) in [5.74, 6) is 1.38. The number of para-hydroxylation sites is 1. The average molecular weight is 450 g/mol. The van der Waals surface area contributed by atoms with Crippen molar-refractivity contribution in [3.8, 4) is 11.5 Å². The van der Waals surface area contributed by atoms with Crippen LogP contribution < -0.4 is 9.47 Å². The predicted octanol–water partition coefficient (Wildman–Crippen LogP) is 4.03. The van der Waals surface area contributed by atoms with Crippen LogP contribution in [-0.2, 0) is 17.3 Å². The Balaban J connectivity index is 0.000000382. The summed E-state index contributed by atoms with van der Waals surface area (Å²) < 4.78 is 49.7. The van der Waals surface area contributed by atoms with Crippen LogP contribution in [0.5, 0.6) is 11.5 Å². The van der Waals surface area contributed by atoms with Gasteiger partial charge in [0.15, 0.2) is 0 Å². The van der Waals surface area contributed by atoms with Crippen molar-refractivity contribution in [2.24, 2.45) is 0 Å². The number of rotatable bonds is 3. The van der Waals surface area contributed by atoms with Gasteiger partial charge in [0.05, 0.1) is 19.1 Å². The smallest absolute Gasteiger partial charge is 0.317 e. The zero-order valence-corrected chi connectivity index (χ0v) is 17.0. The van der Waals surface area contributed by atoms with Crippen molar-refractivity contribution in [3.63, 3.8) is 0 Å². The lowest BCUT2D eigenvalue weighted by atomic mass is 10.3. The minimum Gasteiger partial charge on any atom is -0.497 e. The molecular weight excluding hydrogens is 435 g/mol. The molecule has 0 aliphatic heterocycles. The van der Waals surface area contributed by atoms with Crippen molar-refractivity contribution >= 4 is 49.4 Å². The van der Waals surface area contributed by atoms with Crippen molar-refractivity contribution in [1.29, 1.82) is 0 Å². The number of hydrogen-bond acceptors (Lipinski definition) is 6. The van der Waals surface area contributed by atoms with E-state index >= 15 is 0 Å². The molecule has 0 N–H and O–H groups in total. The van der Waals surface area contributed by atoms with Crippen LogP contribution >= 0.6 is 32.0 Å². The minimum absolute atomic E-state index is 0.0449. The van der Waals surface area contributed by atoms with E-state index in [0.29, 0.717) is 5.75 Å². The summed E-state index contributed by atoms with van der Waals surface area (Å²) in [6, 6.07) is 15.7. The minimum atomic E-state index is -3.72. The lowest BCUT2D eigenvalue weighted by molar-refractivity contribution is 0.413. The second-order valence-electron chi connectivity index (χ2n) is 4.01. The first-order chi connectivity index (χ1) is 11.5. The van der Waals surface area contributed by atoms with Crippen molar-refractivity contribution in [2.75, 3.05) is 14.2 Å². The molecule has 0 bridgehead atoms. The van der Waals surface area contributed by atoms with E-state index in [1.165, 1.54) is 19.2 Å². The maximum Gasteiger partial charge on any atom is 0.317 e. The van der Waals surface area contributed by atoms with E-state index in [9.17, 15) is 8.42 Å². The van der Waals surface area contributed by atoms with Crippen LogP contribution in [0, 0.1) is 0 Å². The Hall–Kier alpha value is -1.19. The number of benzene rings is 2. The van der Waals surface area contributed by atoms with E-state index in [2.05, 4.69) is 21.4 Å². The van der Waals surface area contributed by atoms with Gasteiger partial charge in [-0.1, -0.05) is 24.3 Å². The Morgan fingerprint density at radius 3 is 1.52 bits per heavy atom. The predicted molar refractivity (Wildman–Crippen MR) is 99.7 cm³/mol. The van der Waals surface area contributed by atoms with E-state index in [1.807, 2.05) is 30.3 Å². The molecule has 0 saturated carbocycles. The van der Waals surface area contributed by atoms with Gasteiger partial charge in [-0.15, -0.1) is 0 Å². The van der Waals surface area contributed by atoms with Gasteiger partial charge in [0.25, 0.3) is 9.05 Å². The lowest BCUT2D eigenvalue weighted by Gasteiger charge is -2.00. The van der Waals surface area contributed by atoms with Crippen molar-refractivity contribution in [3.05, 3.63) is 54.6 Å². The van der Waals surface area contributed by atoms with E-state index in [4.69, 9.17) is 28.6 Å². The molecule has 0 aromatic heterocycles. The highest BCUT2D eigenvalue weighted by Crippen LogP contribution is 2.19. The summed E-state index contributed by atoms with van der Waals surface area (Å²) in [5.41, 5.74) is 0. The molecule has 0 atom stereocenters. The molecule has 0 aliphatic carbocycles. The molecular formula is C14H15Cl3O6S2. The van der Waals surface area contributed by atoms with Gasteiger partial charge < -0.3 is 9.47 Å². The van der Waals surface area contributed by atoms with Crippen LogP contribution in [-0.4, -0.2) is 31.1 Å². The van der Waals surface area contributed by atoms with Crippen molar-refractivity contribution < 1.29 is 26.3 Å². The third-order valence-electron chi connectivity index (χ3n) is 2.30. The molecule has 2 aromatic carbocycles. The maximum atomic E-state index is 10.8. The first kappa shape index (κ1) is 23.8. The average Bonchev–Trinajstić information content (AvgIpc) is 2.54. The standard InChI is InChI=1S/C7H7ClO3S.C7H8O.Cl2O2S/c1-11-6-3-2-4-7(5-6)12(8,9)10;1-8-7-5-3-2-4-6-7;1-5(2,3)4/h2-5H,1H3;2-6H,1H3;. The molecule has 0 unspecified atom stereocenters. The molecule has 11 heteroatoms. The van der Waals surface area contributed by atoms with Gasteiger partial charge in [-0.05, 0) is 24.3 Å². The maximum absolute atomic E-state index is 10.8. The molecule has 0 aliphatic rings. The third kappa shape index (κ3) is 13.7. The molecule has 25 heavy (non-hydrogen) atoms. The van der Waals surface area contributed by atoms with Gasteiger partial charge in [0.1, 0.15) is 11.5 Å². The fourth-order valence-corrected chi connectivity index (χ4v) is 2.10. The van der Waals surface area contributed by atoms with Gasteiger partial charge in [-0.3, -0.25) is 0 Å². The molecule has 0 radical (unpaired) electrons. The summed E-state index contributed by atoms with van der Waals surface area (Å²) in [6.45, 7) is 0. The molecule has 2 aromatic rings. The second-order valence-corrected chi connectivity index (χ2v) is 10.2. The summed E-state index contributed by atoms with van der Waals surface area (Å²) in [4.78, 5) is 0.0449. The highest BCUT2D eigenvalue weighted by atomic mass is 36.0. The fourth-order valence-electron chi connectivity index (χ4n) is 1.31. The Morgan fingerprint density at radius 1 is 0.720 bits per heavy atom. The largest absolute Gasteiger partial charge is 0.497 e. The second kappa shape index (κ2) is 11.4. The first-order valence-corrected chi connectivity index (χ1v) is 11.7. The summed E-state index contributed by atoms with van der Waals surface area (Å²) in [5, 5.41) is 0.